The van der Waals surface area contributed by atoms with E-state index in [0.29, 0.717) is 11.4 Å². The van der Waals surface area contributed by atoms with E-state index in [0.717, 1.165) is 24.3 Å². The van der Waals surface area contributed by atoms with Gasteiger partial charge in [0.05, 0.1) is 0 Å². The Hall–Kier alpha value is -1.36. The van der Waals surface area contributed by atoms with Gasteiger partial charge in [-0.25, -0.2) is 17.6 Å². The van der Waals surface area contributed by atoms with E-state index in [9.17, 15) is 17.6 Å². The standard InChI is InChI=1S/C16H13BrF4/c1-16(2,8-17)13-7-14(20)12(6-15(13)21)9-3-10(18)5-11(19)4-9/h3-7H,8H2,1-2H3. The SMILES string of the molecule is CC(C)(CBr)c1cc(F)c(-c2cc(F)cc(F)c2)cc1F. The normalized spacial score (nSPS) is 11.8. The van der Waals surface area contributed by atoms with E-state index in [-0.39, 0.29) is 16.7 Å². The number of halogens is 5. The van der Waals surface area contributed by atoms with E-state index >= 15 is 0 Å². The van der Waals surface area contributed by atoms with Crippen LogP contribution in [-0.4, -0.2) is 5.33 Å². The summed E-state index contributed by atoms with van der Waals surface area (Å²) < 4.78 is 54.9. The maximum atomic E-state index is 14.2. The summed E-state index contributed by atoms with van der Waals surface area (Å²) in [7, 11) is 0. The first kappa shape index (κ1) is 16.0. The van der Waals surface area contributed by atoms with Crippen LogP contribution in [0, 0.1) is 23.3 Å². The molecule has 0 fully saturated rings. The molecule has 21 heavy (non-hydrogen) atoms. The second-order valence-corrected chi connectivity index (χ2v) is 6.05. The topological polar surface area (TPSA) is 0 Å². The number of alkyl halides is 1. The highest BCUT2D eigenvalue weighted by Gasteiger charge is 2.25. The van der Waals surface area contributed by atoms with E-state index < -0.39 is 28.7 Å². The summed E-state index contributed by atoms with van der Waals surface area (Å²) in [5, 5.41) is 0.449. The molecule has 0 aliphatic heterocycles. The van der Waals surface area contributed by atoms with Crippen molar-refractivity contribution >= 4 is 15.9 Å². The molecular formula is C16H13BrF4. The second kappa shape index (κ2) is 5.79. The third-order valence-corrected chi connectivity index (χ3v) is 4.70. The molecule has 0 atom stereocenters. The molecule has 5 heteroatoms. The fraction of sp³-hybridized carbons (Fsp3) is 0.250. The van der Waals surface area contributed by atoms with E-state index in [1.54, 1.807) is 13.8 Å². The summed E-state index contributed by atoms with van der Waals surface area (Å²) in [6, 6.07) is 4.67. The van der Waals surface area contributed by atoms with Crippen molar-refractivity contribution in [2.24, 2.45) is 0 Å². The van der Waals surface area contributed by atoms with Gasteiger partial charge in [0.15, 0.2) is 0 Å². The zero-order chi connectivity index (χ0) is 15.8. The van der Waals surface area contributed by atoms with Crippen molar-refractivity contribution in [2.45, 2.75) is 19.3 Å². The van der Waals surface area contributed by atoms with Gasteiger partial charge in [-0.3, -0.25) is 0 Å². The zero-order valence-corrected chi connectivity index (χ0v) is 13.1. The third-order valence-electron chi connectivity index (χ3n) is 3.29. The molecule has 0 heterocycles. The minimum Gasteiger partial charge on any atom is -0.207 e. The summed E-state index contributed by atoms with van der Waals surface area (Å²) in [6.45, 7) is 3.53. The average Bonchev–Trinajstić information content (AvgIpc) is 2.39. The first-order valence-electron chi connectivity index (χ1n) is 6.26. The fourth-order valence-corrected chi connectivity index (χ4v) is 2.37. The molecule has 0 saturated carbocycles. The second-order valence-electron chi connectivity index (χ2n) is 5.49. The molecule has 0 aromatic heterocycles. The van der Waals surface area contributed by atoms with Crippen molar-refractivity contribution in [1.82, 2.24) is 0 Å². The lowest BCUT2D eigenvalue weighted by molar-refractivity contribution is 0.520. The average molecular weight is 361 g/mol. The van der Waals surface area contributed by atoms with Crippen LogP contribution < -0.4 is 0 Å². The summed E-state index contributed by atoms with van der Waals surface area (Å²) in [5.74, 6) is -3.00. The molecule has 0 aliphatic carbocycles. The van der Waals surface area contributed by atoms with Crippen LogP contribution in [0.1, 0.15) is 19.4 Å². The lowest BCUT2D eigenvalue weighted by atomic mass is 9.85. The van der Waals surface area contributed by atoms with Gasteiger partial charge in [0.2, 0.25) is 0 Å². The summed E-state index contributed by atoms with van der Waals surface area (Å²) in [5.41, 5.74) is -0.596. The lowest BCUT2D eigenvalue weighted by Crippen LogP contribution is -2.21. The molecule has 0 radical (unpaired) electrons. The first-order chi connectivity index (χ1) is 9.74. The van der Waals surface area contributed by atoms with Crippen LogP contribution >= 0.6 is 15.9 Å². The largest absolute Gasteiger partial charge is 0.207 e. The third kappa shape index (κ3) is 3.28. The van der Waals surface area contributed by atoms with E-state index in [4.69, 9.17) is 0 Å². The van der Waals surface area contributed by atoms with Gasteiger partial charge in [0.1, 0.15) is 23.3 Å². The van der Waals surface area contributed by atoms with Gasteiger partial charge in [0, 0.05) is 22.4 Å². The highest BCUT2D eigenvalue weighted by atomic mass is 79.9. The predicted octanol–water partition coefficient (Wildman–Crippen LogP) is 5.58. The zero-order valence-electron chi connectivity index (χ0n) is 11.5. The number of hydrogen-bond acceptors (Lipinski definition) is 0. The van der Waals surface area contributed by atoms with Gasteiger partial charge in [-0.1, -0.05) is 29.8 Å². The van der Waals surface area contributed by atoms with Gasteiger partial charge in [0.25, 0.3) is 0 Å². The van der Waals surface area contributed by atoms with Crippen LogP contribution in [0.25, 0.3) is 11.1 Å². The Kier molecular flexibility index (Phi) is 4.42. The molecular weight excluding hydrogens is 348 g/mol. The van der Waals surface area contributed by atoms with Crippen LogP contribution in [0.15, 0.2) is 30.3 Å². The van der Waals surface area contributed by atoms with Gasteiger partial charge in [-0.15, -0.1) is 0 Å². The molecule has 0 N–H and O–H groups in total. The number of hydrogen-bond donors (Lipinski definition) is 0. The molecule has 0 unspecified atom stereocenters. The molecule has 2 rings (SSSR count). The molecule has 0 spiro atoms. The maximum absolute atomic E-state index is 14.2. The van der Waals surface area contributed by atoms with Crippen molar-refractivity contribution < 1.29 is 17.6 Å². The highest BCUT2D eigenvalue weighted by molar-refractivity contribution is 9.09. The minimum atomic E-state index is -0.838. The van der Waals surface area contributed by atoms with Crippen molar-refractivity contribution in [2.75, 3.05) is 5.33 Å². The Bertz CT molecular complexity index is 660. The highest BCUT2D eigenvalue weighted by Crippen LogP contribution is 2.33. The van der Waals surface area contributed by atoms with Gasteiger partial charge < -0.3 is 0 Å². The quantitative estimate of drug-likeness (QED) is 0.494. The van der Waals surface area contributed by atoms with Gasteiger partial charge in [-0.2, -0.15) is 0 Å². The molecule has 2 aromatic rings. The van der Waals surface area contributed by atoms with Crippen molar-refractivity contribution in [1.29, 1.82) is 0 Å². The molecule has 0 saturated heterocycles. The van der Waals surface area contributed by atoms with Crippen molar-refractivity contribution in [3.05, 3.63) is 59.2 Å². The summed E-state index contributed by atoms with van der Waals surface area (Å²) in [4.78, 5) is 0. The van der Waals surface area contributed by atoms with Gasteiger partial charge in [-0.05, 0) is 35.4 Å². The van der Waals surface area contributed by atoms with Crippen molar-refractivity contribution in [3.8, 4) is 11.1 Å². The van der Waals surface area contributed by atoms with E-state index in [1.807, 2.05) is 0 Å². The van der Waals surface area contributed by atoms with Crippen LogP contribution in [-0.2, 0) is 5.41 Å². The monoisotopic (exact) mass is 360 g/mol. The number of benzene rings is 2. The molecule has 0 aliphatic rings. The summed E-state index contributed by atoms with van der Waals surface area (Å²) >= 11 is 3.26. The Morgan fingerprint density at radius 3 is 1.95 bits per heavy atom. The molecule has 112 valence electrons. The Morgan fingerprint density at radius 1 is 0.857 bits per heavy atom. The summed E-state index contributed by atoms with van der Waals surface area (Å²) in [6.07, 6.45) is 0. The van der Waals surface area contributed by atoms with Gasteiger partial charge >= 0.3 is 0 Å². The molecule has 0 amide bonds. The Balaban J connectivity index is 2.60. The lowest BCUT2D eigenvalue weighted by Gasteiger charge is -2.23. The Morgan fingerprint density at radius 2 is 1.43 bits per heavy atom. The van der Waals surface area contributed by atoms with E-state index in [2.05, 4.69) is 15.9 Å². The fourth-order valence-electron chi connectivity index (χ4n) is 2.07. The minimum absolute atomic E-state index is 0.0351. The smallest absolute Gasteiger partial charge is 0.131 e. The van der Waals surface area contributed by atoms with Crippen LogP contribution in [0.3, 0.4) is 0 Å². The molecule has 0 bridgehead atoms. The predicted molar refractivity (Wildman–Crippen MR) is 78.5 cm³/mol. The van der Waals surface area contributed by atoms with Crippen LogP contribution in [0.2, 0.25) is 0 Å². The van der Waals surface area contributed by atoms with E-state index in [1.165, 1.54) is 0 Å². The number of rotatable bonds is 3. The van der Waals surface area contributed by atoms with Crippen LogP contribution in [0.5, 0.6) is 0 Å². The maximum Gasteiger partial charge on any atom is 0.131 e. The Labute approximate surface area is 128 Å². The van der Waals surface area contributed by atoms with Crippen LogP contribution in [0.4, 0.5) is 17.6 Å². The first-order valence-corrected chi connectivity index (χ1v) is 7.38. The van der Waals surface area contributed by atoms with Crippen molar-refractivity contribution in [3.63, 3.8) is 0 Å². The molecule has 2 aromatic carbocycles. The molecule has 0 nitrogen and oxygen atoms in total.